The molecular weight excluding hydrogens is 361 g/mol. The van der Waals surface area contributed by atoms with Gasteiger partial charge in [-0.05, 0) is 52.0 Å². The molecule has 4 heteroatoms. The molecule has 0 bridgehead atoms. The van der Waals surface area contributed by atoms with Crippen molar-refractivity contribution in [2.24, 2.45) is 0 Å². The predicted octanol–water partition coefficient (Wildman–Crippen LogP) is 5.02. The van der Waals surface area contributed by atoms with E-state index in [4.69, 9.17) is 4.74 Å². The van der Waals surface area contributed by atoms with E-state index in [0.717, 1.165) is 18.1 Å². The summed E-state index contributed by atoms with van der Waals surface area (Å²) in [6.07, 6.45) is 2.10. The molecule has 1 nitrogen and oxygen atoms in total. The average molecular weight is 384 g/mol. The van der Waals surface area contributed by atoms with Crippen molar-refractivity contribution in [1.82, 2.24) is 0 Å². The summed E-state index contributed by atoms with van der Waals surface area (Å²) in [7, 11) is 8.20. The molecule has 0 heterocycles. The lowest BCUT2D eigenvalue weighted by Crippen LogP contribution is -2.19. The van der Waals surface area contributed by atoms with E-state index in [0.29, 0.717) is 0 Å². The summed E-state index contributed by atoms with van der Waals surface area (Å²) in [5, 5.41) is 1.20. The quantitative estimate of drug-likeness (QED) is 0.543. The van der Waals surface area contributed by atoms with Gasteiger partial charge in [0, 0.05) is 0 Å². The van der Waals surface area contributed by atoms with Crippen molar-refractivity contribution in [1.29, 1.82) is 0 Å². The highest BCUT2D eigenvalue weighted by molar-refractivity contribution is 7.27. The van der Waals surface area contributed by atoms with E-state index < -0.39 is 0 Å². The van der Waals surface area contributed by atoms with E-state index in [9.17, 15) is 0 Å². The molecular formula is C21H23OP3. The predicted molar refractivity (Wildman–Crippen MR) is 120 cm³/mol. The van der Waals surface area contributed by atoms with Crippen molar-refractivity contribution in [2.75, 3.05) is 12.3 Å². The summed E-state index contributed by atoms with van der Waals surface area (Å²) in [4.78, 5) is 0. The molecule has 0 aromatic heterocycles. The minimum absolute atomic E-state index is 0.230. The third-order valence-electron chi connectivity index (χ3n) is 4.15. The molecule has 0 N–H and O–H groups in total. The normalized spacial score (nSPS) is 10.9. The molecule has 0 aliphatic rings. The van der Waals surface area contributed by atoms with E-state index in [-0.39, 0.29) is 6.10 Å². The second-order valence-electron chi connectivity index (χ2n) is 5.94. The molecule has 3 unspecified atom stereocenters. The number of hydrogen-bond acceptors (Lipinski definition) is 1. The SMILES string of the molecule is PCC(CP)Oc1ccc(-c2ccc(-c3ccc(P)cc3)cc2)cc1. The van der Waals surface area contributed by atoms with Crippen LogP contribution in [0.3, 0.4) is 0 Å². The Hall–Kier alpha value is -1.25. The summed E-state index contributed by atoms with van der Waals surface area (Å²) in [6, 6.07) is 25.6. The van der Waals surface area contributed by atoms with E-state index >= 15 is 0 Å². The topological polar surface area (TPSA) is 9.23 Å². The molecule has 0 aliphatic heterocycles. The first-order chi connectivity index (χ1) is 12.2. The molecule has 0 amide bonds. The minimum atomic E-state index is 0.230. The van der Waals surface area contributed by atoms with Crippen LogP contribution in [0.2, 0.25) is 0 Å². The second-order valence-corrected chi connectivity index (χ2v) is 7.54. The first-order valence-corrected chi connectivity index (χ1v) is 10.5. The number of benzene rings is 3. The van der Waals surface area contributed by atoms with Crippen LogP contribution in [0.25, 0.3) is 22.3 Å². The maximum Gasteiger partial charge on any atom is 0.119 e. The number of ether oxygens (including phenoxy) is 1. The van der Waals surface area contributed by atoms with Crippen molar-refractivity contribution in [2.45, 2.75) is 6.10 Å². The lowest BCUT2D eigenvalue weighted by atomic mass is 10.0. The second kappa shape index (κ2) is 8.91. The van der Waals surface area contributed by atoms with Crippen LogP contribution in [0.4, 0.5) is 0 Å². The fourth-order valence-electron chi connectivity index (χ4n) is 2.64. The highest BCUT2D eigenvalue weighted by Gasteiger charge is 2.06. The lowest BCUT2D eigenvalue weighted by Gasteiger charge is -2.15. The Labute approximate surface area is 157 Å². The van der Waals surface area contributed by atoms with E-state index in [1.807, 2.05) is 0 Å². The third-order valence-corrected chi connectivity index (χ3v) is 5.58. The molecule has 3 aromatic carbocycles. The van der Waals surface area contributed by atoms with E-state index in [1.54, 1.807) is 0 Å². The molecule has 0 spiro atoms. The van der Waals surface area contributed by atoms with Crippen LogP contribution in [-0.4, -0.2) is 18.4 Å². The van der Waals surface area contributed by atoms with Gasteiger partial charge in [-0.15, -0.1) is 27.7 Å². The van der Waals surface area contributed by atoms with Gasteiger partial charge >= 0.3 is 0 Å². The van der Waals surface area contributed by atoms with Crippen LogP contribution in [0.15, 0.2) is 72.8 Å². The van der Waals surface area contributed by atoms with Crippen LogP contribution < -0.4 is 10.0 Å². The zero-order valence-electron chi connectivity index (χ0n) is 14.1. The van der Waals surface area contributed by atoms with Crippen LogP contribution in [0.1, 0.15) is 0 Å². The average Bonchev–Trinajstić information content (AvgIpc) is 2.67. The van der Waals surface area contributed by atoms with E-state index in [2.05, 4.69) is 101 Å². The van der Waals surface area contributed by atoms with Gasteiger partial charge in [-0.3, -0.25) is 0 Å². The lowest BCUT2D eigenvalue weighted by molar-refractivity contribution is 0.251. The van der Waals surface area contributed by atoms with E-state index in [1.165, 1.54) is 27.6 Å². The zero-order valence-corrected chi connectivity index (χ0v) is 17.5. The summed E-state index contributed by atoms with van der Waals surface area (Å²) in [5.41, 5.74) is 4.89. The zero-order chi connectivity index (χ0) is 17.6. The first-order valence-electron chi connectivity index (χ1n) is 8.33. The fourth-order valence-corrected chi connectivity index (χ4v) is 3.80. The molecule has 0 radical (unpaired) electrons. The van der Waals surface area contributed by atoms with Gasteiger partial charge in [-0.25, -0.2) is 0 Å². The molecule has 0 aliphatic carbocycles. The van der Waals surface area contributed by atoms with Crippen LogP contribution >= 0.6 is 27.7 Å². The van der Waals surface area contributed by atoms with Crippen LogP contribution in [0.5, 0.6) is 5.75 Å². The number of rotatable bonds is 6. The standard InChI is InChI=1S/C21H23OP3/c23-13-20(14-24)22-19-9-5-17(6-10-19)15-1-3-16(4-2-15)18-7-11-21(25)12-8-18/h1-12,20H,13-14,23-25H2. The van der Waals surface area contributed by atoms with Crippen molar-refractivity contribution in [3.8, 4) is 28.0 Å². The Balaban J connectivity index is 1.74. The molecule has 3 atom stereocenters. The summed E-state index contributed by atoms with van der Waals surface area (Å²) in [6.45, 7) is 0. The van der Waals surface area contributed by atoms with Gasteiger partial charge in [-0.2, -0.15) is 0 Å². The van der Waals surface area contributed by atoms with Crippen molar-refractivity contribution < 1.29 is 4.74 Å². The molecule has 128 valence electrons. The van der Waals surface area contributed by atoms with Gasteiger partial charge in [0.05, 0.1) is 0 Å². The third kappa shape index (κ3) is 4.89. The van der Waals surface area contributed by atoms with Crippen LogP contribution in [-0.2, 0) is 0 Å². The highest BCUT2D eigenvalue weighted by atomic mass is 31.0. The fraction of sp³-hybridized carbons (Fsp3) is 0.143. The van der Waals surface area contributed by atoms with Gasteiger partial charge in [0.15, 0.2) is 0 Å². The molecule has 3 aromatic rings. The van der Waals surface area contributed by atoms with Crippen molar-refractivity contribution in [3.63, 3.8) is 0 Å². The maximum atomic E-state index is 5.95. The van der Waals surface area contributed by atoms with Gasteiger partial charge in [0.2, 0.25) is 0 Å². The number of hydrogen-bond donors (Lipinski definition) is 0. The highest BCUT2D eigenvalue weighted by Crippen LogP contribution is 2.26. The Morgan fingerprint density at radius 2 is 0.960 bits per heavy atom. The Bertz CT molecular complexity index is 792. The minimum Gasteiger partial charge on any atom is -0.490 e. The molecule has 0 saturated carbocycles. The largest absolute Gasteiger partial charge is 0.490 e. The Morgan fingerprint density at radius 3 is 1.36 bits per heavy atom. The smallest absolute Gasteiger partial charge is 0.119 e. The summed E-state index contributed by atoms with van der Waals surface area (Å²) < 4.78 is 5.95. The maximum absolute atomic E-state index is 5.95. The van der Waals surface area contributed by atoms with Crippen molar-refractivity contribution in [3.05, 3.63) is 72.8 Å². The Kier molecular flexibility index (Phi) is 6.61. The van der Waals surface area contributed by atoms with Gasteiger partial charge in [-0.1, -0.05) is 60.7 Å². The Morgan fingerprint density at radius 1 is 0.600 bits per heavy atom. The van der Waals surface area contributed by atoms with Gasteiger partial charge in [0.1, 0.15) is 11.9 Å². The monoisotopic (exact) mass is 384 g/mol. The molecule has 0 fully saturated rings. The van der Waals surface area contributed by atoms with Gasteiger partial charge in [0.25, 0.3) is 0 Å². The molecule has 25 heavy (non-hydrogen) atoms. The molecule has 0 saturated heterocycles. The van der Waals surface area contributed by atoms with Gasteiger partial charge < -0.3 is 4.74 Å². The summed E-state index contributed by atoms with van der Waals surface area (Å²) in [5.74, 6) is 0.924. The molecule has 3 rings (SSSR count). The van der Waals surface area contributed by atoms with Crippen molar-refractivity contribution >= 4 is 33.0 Å². The van der Waals surface area contributed by atoms with Crippen LogP contribution in [0, 0.1) is 0 Å². The first kappa shape index (κ1) is 18.5. The summed E-state index contributed by atoms with van der Waals surface area (Å²) >= 11 is 0.